The summed E-state index contributed by atoms with van der Waals surface area (Å²) >= 11 is 3.29. The van der Waals surface area contributed by atoms with Gasteiger partial charge in [-0.2, -0.15) is 0 Å². The highest BCUT2D eigenvalue weighted by molar-refractivity contribution is 9.11. The van der Waals surface area contributed by atoms with Gasteiger partial charge in [0.1, 0.15) is 5.75 Å². The molecule has 0 bridgehead atoms. The molecule has 1 aromatic rings. The van der Waals surface area contributed by atoms with Crippen molar-refractivity contribution in [3.8, 4) is 5.75 Å². The number of ether oxygens (including phenoxy) is 1. The highest BCUT2D eigenvalue weighted by atomic mass is 79.9. The zero-order valence-corrected chi connectivity index (χ0v) is 11.0. The lowest BCUT2D eigenvalue weighted by atomic mass is 10.2. The van der Waals surface area contributed by atoms with Crippen LogP contribution in [-0.2, 0) is 0 Å². The maximum atomic E-state index is 5.98. The van der Waals surface area contributed by atoms with Gasteiger partial charge in [0.05, 0.1) is 18.0 Å². The van der Waals surface area contributed by atoms with Crippen LogP contribution in [0.2, 0.25) is 0 Å². The van der Waals surface area contributed by atoms with Crippen LogP contribution in [0.4, 0.5) is 11.4 Å². The summed E-state index contributed by atoms with van der Waals surface area (Å²) < 4.78 is 6.42. The van der Waals surface area contributed by atoms with E-state index in [1.54, 1.807) is 0 Å². The van der Waals surface area contributed by atoms with Crippen molar-refractivity contribution in [2.45, 2.75) is 13.3 Å². The summed E-state index contributed by atoms with van der Waals surface area (Å²) in [4.78, 5) is 0. The third-order valence-corrected chi connectivity index (χ3v) is 2.28. The van der Waals surface area contributed by atoms with E-state index in [-0.39, 0.29) is 0 Å². The Hall–Kier alpha value is -1.16. The van der Waals surface area contributed by atoms with Crippen molar-refractivity contribution in [2.75, 3.05) is 24.2 Å². The second kappa shape index (κ2) is 6.43. The Morgan fingerprint density at radius 2 is 2.31 bits per heavy atom. The Morgan fingerprint density at radius 3 is 2.94 bits per heavy atom. The smallest absolute Gasteiger partial charge is 0.144 e. The number of hydrogen-bond donors (Lipinski definition) is 2. The number of rotatable bonds is 6. The molecule has 1 rings (SSSR count). The quantitative estimate of drug-likeness (QED) is 0.788. The van der Waals surface area contributed by atoms with Crippen LogP contribution in [0.25, 0.3) is 0 Å². The van der Waals surface area contributed by atoms with Gasteiger partial charge in [-0.25, -0.2) is 0 Å². The molecule has 1 aromatic carbocycles. The summed E-state index contributed by atoms with van der Waals surface area (Å²) in [6.45, 7) is 7.14. The number of halogens is 1. The molecule has 0 saturated heterocycles. The van der Waals surface area contributed by atoms with Crippen LogP contribution in [0.5, 0.6) is 5.75 Å². The van der Waals surface area contributed by atoms with Crippen LogP contribution in [0.3, 0.4) is 0 Å². The molecule has 16 heavy (non-hydrogen) atoms. The second-order valence-electron chi connectivity index (χ2n) is 3.44. The van der Waals surface area contributed by atoms with Gasteiger partial charge in [0.25, 0.3) is 0 Å². The molecular formula is C12H17BrN2O. The number of hydrogen-bond acceptors (Lipinski definition) is 3. The summed E-state index contributed by atoms with van der Waals surface area (Å²) in [5.41, 5.74) is 7.49. The fourth-order valence-corrected chi connectivity index (χ4v) is 1.37. The molecule has 3 nitrogen and oxygen atoms in total. The van der Waals surface area contributed by atoms with Gasteiger partial charge < -0.3 is 15.8 Å². The average Bonchev–Trinajstić information content (AvgIpc) is 2.26. The number of nitrogens with one attached hydrogen (secondary N) is 1. The van der Waals surface area contributed by atoms with Crippen molar-refractivity contribution in [3.63, 3.8) is 0 Å². The monoisotopic (exact) mass is 284 g/mol. The van der Waals surface area contributed by atoms with Crippen molar-refractivity contribution in [2.24, 2.45) is 0 Å². The number of nitrogen functional groups attached to an aromatic ring is 1. The molecule has 0 amide bonds. The Morgan fingerprint density at radius 1 is 1.56 bits per heavy atom. The van der Waals surface area contributed by atoms with E-state index in [1.165, 1.54) is 0 Å². The topological polar surface area (TPSA) is 47.3 Å². The fourth-order valence-electron chi connectivity index (χ4n) is 1.23. The zero-order chi connectivity index (χ0) is 12.0. The van der Waals surface area contributed by atoms with Gasteiger partial charge >= 0.3 is 0 Å². The minimum absolute atomic E-state index is 0.640. The first kappa shape index (κ1) is 12.9. The van der Waals surface area contributed by atoms with E-state index in [0.717, 1.165) is 22.3 Å². The Bertz CT molecular complexity index is 366. The summed E-state index contributed by atoms with van der Waals surface area (Å²) in [6.07, 6.45) is 0.968. The molecule has 3 N–H and O–H groups in total. The molecule has 0 aliphatic rings. The average molecular weight is 285 g/mol. The van der Waals surface area contributed by atoms with E-state index < -0.39 is 0 Å². The first-order valence-electron chi connectivity index (χ1n) is 5.23. The summed E-state index contributed by atoms with van der Waals surface area (Å²) in [5.74, 6) is 0.729. The number of benzene rings is 1. The van der Waals surface area contributed by atoms with E-state index >= 15 is 0 Å². The van der Waals surface area contributed by atoms with E-state index in [9.17, 15) is 0 Å². The van der Waals surface area contributed by atoms with Gasteiger partial charge in [-0.1, -0.05) is 35.5 Å². The maximum Gasteiger partial charge on any atom is 0.144 e. The number of anilines is 2. The minimum atomic E-state index is 0.640. The third kappa shape index (κ3) is 3.77. The molecule has 0 fully saturated rings. The predicted molar refractivity (Wildman–Crippen MR) is 73.2 cm³/mol. The summed E-state index contributed by atoms with van der Waals surface area (Å²) in [6, 6.07) is 5.71. The van der Waals surface area contributed by atoms with Crippen molar-refractivity contribution in [3.05, 3.63) is 29.3 Å². The molecule has 0 heterocycles. The lowest BCUT2D eigenvalue weighted by Crippen LogP contribution is -2.06. The van der Waals surface area contributed by atoms with Crippen LogP contribution in [-0.4, -0.2) is 13.2 Å². The highest BCUT2D eigenvalue weighted by Crippen LogP contribution is 2.29. The molecule has 88 valence electrons. The summed E-state index contributed by atoms with van der Waals surface area (Å²) in [5, 5.41) is 3.18. The van der Waals surface area contributed by atoms with Crippen molar-refractivity contribution in [1.29, 1.82) is 0 Å². The highest BCUT2D eigenvalue weighted by Gasteiger charge is 2.05. The number of nitrogens with two attached hydrogens (primary N) is 1. The van der Waals surface area contributed by atoms with Gasteiger partial charge in [0.15, 0.2) is 0 Å². The first-order chi connectivity index (χ1) is 7.65. The van der Waals surface area contributed by atoms with Crippen molar-refractivity contribution in [1.82, 2.24) is 0 Å². The Labute approximate surface area is 105 Å². The first-order valence-corrected chi connectivity index (χ1v) is 6.03. The van der Waals surface area contributed by atoms with Crippen LogP contribution in [0, 0.1) is 0 Å². The van der Waals surface area contributed by atoms with Gasteiger partial charge in [-0.05, 0) is 18.6 Å². The largest absolute Gasteiger partial charge is 0.491 e. The molecule has 0 aliphatic carbocycles. The minimum Gasteiger partial charge on any atom is -0.491 e. The van der Waals surface area contributed by atoms with Crippen LogP contribution in [0.1, 0.15) is 13.3 Å². The van der Waals surface area contributed by atoms with Crippen molar-refractivity contribution < 1.29 is 4.74 Å². The maximum absolute atomic E-state index is 5.98. The molecule has 0 aromatic heterocycles. The van der Waals surface area contributed by atoms with Gasteiger partial charge in [-0.15, -0.1) is 0 Å². The molecule has 0 spiro atoms. The van der Waals surface area contributed by atoms with E-state index in [1.807, 2.05) is 18.2 Å². The normalized spacial score (nSPS) is 9.88. The van der Waals surface area contributed by atoms with Gasteiger partial charge in [0, 0.05) is 11.0 Å². The molecular weight excluding hydrogens is 268 g/mol. The van der Waals surface area contributed by atoms with Crippen molar-refractivity contribution >= 4 is 27.3 Å². The van der Waals surface area contributed by atoms with Gasteiger partial charge in [-0.3, -0.25) is 0 Å². The molecule has 4 heteroatoms. The van der Waals surface area contributed by atoms with Crippen LogP contribution in [0.15, 0.2) is 29.3 Å². The third-order valence-electron chi connectivity index (χ3n) is 2.00. The summed E-state index contributed by atoms with van der Waals surface area (Å²) in [7, 11) is 0. The van der Waals surface area contributed by atoms with Gasteiger partial charge in [0.2, 0.25) is 0 Å². The van der Waals surface area contributed by atoms with E-state index in [4.69, 9.17) is 10.5 Å². The lowest BCUT2D eigenvalue weighted by Gasteiger charge is -2.13. The molecule has 0 aliphatic heterocycles. The van der Waals surface area contributed by atoms with E-state index in [0.29, 0.717) is 18.8 Å². The lowest BCUT2D eigenvalue weighted by molar-refractivity contribution is 0.319. The Balaban J connectivity index is 2.73. The molecule has 0 radical (unpaired) electrons. The van der Waals surface area contributed by atoms with E-state index in [2.05, 4.69) is 34.7 Å². The number of para-hydroxylation sites is 1. The fraction of sp³-hybridized carbons (Fsp3) is 0.333. The standard InChI is InChI=1S/C12H17BrN2O/c1-3-7-16-11-6-4-5-10(12(11)14)15-8-9(2)13/h4-6,15H,2-3,7-8,14H2,1H3. The molecule has 0 saturated carbocycles. The SMILES string of the molecule is C=C(Br)CNc1cccc(OCCC)c1N. The zero-order valence-electron chi connectivity index (χ0n) is 9.42. The van der Waals surface area contributed by atoms with Crippen LogP contribution < -0.4 is 15.8 Å². The predicted octanol–water partition coefficient (Wildman–Crippen LogP) is 3.38. The molecule has 0 atom stereocenters. The van der Waals surface area contributed by atoms with Crippen LogP contribution >= 0.6 is 15.9 Å². The molecule has 0 unspecified atom stereocenters. The Kier molecular flexibility index (Phi) is 5.19. The second-order valence-corrected chi connectivity index (χ2v) is 4.56.